The lowest BCUT2D eigenvalue weighted by molar-refractivity contribution is -0.0484. The van der Waals surface area contributed by atoms with Crippen LogP contribution in [0.3, 0.4) is 0 Å². The molecule has 1 aliphatic rings. The number of anilines is 1. The number of phosphoric acid groups is 1. The Hall–Kier alpha value is -1.60. The van der Waals surface area contributed by atoms with E-state index < -0.39 is 44.7 Å². The standard InChI is InChI=1S/C10H15FN3O9P/c1-21-4-2-14(10(16)12-8(4)13-17)9-6(11)7(15)5(23-9)3-22-24(18,19)20/h2,5-7,9,15,17H,3H2,1H3,(H,12,13,16)(H2,18,19,20). The van der Waals surface area contributed by atoms with Gasteiger partial charge in [0.15, 0.2) is 24.0 Å². The summed E-state index contributed by atoms with van der Waals surface area (Å²) in [6.07, 6.45) is -5.97. The first-order chi connectivity index (χ1) is 11.2. The number of halogens is 1. The molecule has 24 heavy (non-hydrogen) atoms. The van der Waals surface area contributed by atoms with E-state index in [1.807, 2.05) is 0 Å². The lowest BCUT2D eigenvalue weighted by Crippen LogP contribution is -2.33. The van der Waals surface area contributed by atoms with Gasteiger partial charge in [-0.1, -0.05) is 0 Å². The summed E-state index contributed by atoms with van der Waals surface area (Å²) in [5, 5.41) is 18.6. The maximum Gasteiger partial charge on any atom is 0.469 e. The van der Waals surface area contributed by atoms with E-state index in [0.29, 0.717) is 4.57 Å². The molecule has 1 aromatic rings. The monoisotopic (exact) mass is 371 g/mol. The second-order valence-electron chi connectivity index (χ2n) is 4.75. The lowest BCUT2D eigenvalue weighted by Gasteiger charge is -2.17. The molecule has 2 heterocycles. The van der Waals surface area contributed by atoms with Gasteiger partial charge in [-0.3, -0.25) is 14.3 Å². The third-order valence-electron chi connectivity index (χ3n) is 3.22. The van der Waals surface area contributed by atoms with Gasteiger partial charge in [0.05, 0.1) is 19.9 Å². The van der Waals surface area contributed by atoms with Crippen molar-refractivity contribution in [2.75, 3.05) is 19.2 Å². The van der Waals surface area contributed by atoms with E-state index in [0.717, 1.165) is 6.20 Å². The molecule has 136 valence electrons. The molecule has 1 aliphatic heterocycles. The van der Waals surface area contributed by atoms with Crippen molar-refractivity contribution in [3.05, 3.63) is 16.7 Å². The van der Waals surface area contributed by atoms with Crippen molar-refractivity contribution in [3.8, 4) is 5.75 Å². The smallest absolute Gasteiger partial charge is 0.469 e. The summed E-state index contributed by atoms with van der Waals surface area (Å²) in [5.41, 5.74) is 0.607. The Balaban J connectivity index is 2.26. The van der Waals surface area contributed by atoms with Crippen LogP contribution in [0.2, 0.25) is 0 Å². The number of methoxy groups -OCH3 is 1. The first-order valence-corrected chi connectivity index (χ1v) is 7.96. The van der Waals surface area contributed by atoms with Crippen molar-refractivity contribution < 1.29 is 43.1 Å². The van der Waals surface area contributed by atoms with E-state index in [4.69, 9.17) is 24.5 Å². The van der Waals surface area contributed by atoms with Gasteiger partial charge in [-0.05, 0) is 0 Å². The maximum absolute atomic E-state index is 14.2. The molecule has 0 bridgehead atoms. The minimum absolute atomic E-state index is 0.114. The summed E-state index contributed by atoms with van der Waals surface area (Å²) in [6.45, 7) is -0.794. The molecule has 0 aromatic carbocycles. The number of aliphatic hydroxyl groups is 1. The summed E-state index contributed by atoms with van der Waals surface area (Å²) in [6, 6.07) is 0. The Kier molecular flexibility index (Phi) is 5.55. The molecule has 2 rings (SSSR count). The van der Waals surface area contributed by atoms with Crippen molar-refractivity contribution in [2.45, 2.75) is 24.6 Å². The normalized spacial score (nSPS) is 27.2. The third-order valence-corrected chi connectivity index (χ3v) is 3.70. The first kappa shape index (κ1) is 18.7. The first-order valence-electron chi connectivity index (χ1n) is 6.43. The summed E-state index contributed by atoms with van der Waals surface area (Å²) in [7, 11) is -3.63. The minimum Gasteiger partial charge on any atom is -0.491 e. The van der Waals surface area contributed by atoms with Crippen LogP contribution in [0.5, 0.6) is 5.75 Å². The zero-order chi connectivity index (χ0) is 18.1. The fraction of sp³-hybridized carbons (Fsp3) is 0.600. The molecule has 1 aromatic heterocycles. The van der Waals surface area contributed by atoms with E-state index in [9.17, 15) is 18.9 Å². The maximum atomic E-state index is 14.2. The van der Waals surface area contributed by atoms with Gasteiger partial charge in [0, 0.05) is 0 Å². The molecule has 0 spiro atoms. The van der Waals surface area contributed by atoms with Crippen molar-refractivity contribution in [2.24, 2.45) is 0 Å². The van der Waals surface area contributed by atoms with Crippen molar-refractivity contribution in [1.29, 1.82) is 0 Å². The van der Waals surface area contributed by atoms with E-state index >= 15 is 0 Å². The number of hydrogen-bond donors (Lipinski definition) is 5. The van der Waals surface area contributed by atoms with Crippen LogP contribution in [-0.2, 0) is 13.8 Å². The molecule has 0 radical (unpaired) electrons. The third kappa shape index (κ3) is 3.89. The largest absolute Gasteiger partial charge is 0.491 e. The van der Waals surface area contributed by atoms with Gasteiger partial charge in [-0.2, -0.15) is 4.98 Å². The summed E-state index contributed by atoms with van der Waals surface area (Å²) in [5.74, 6) is -0.425. The van der Waals surface area contributed by atoms with E-state index in [-0.39, 0.29) is 11.6 Å². The predicted octanol–water partition coefficient (Wildman–Crippen LogP) is -1.24. The van der Waals surface area contributed by atoms with Gasteiger partial charge in [0.25, 0.3) is 0 Å². The van der Waals surface area contributed by atoms with Crippen LogP contribution in [0.4, 0.5) is 10.2 Å². The number of hydrogen-bond acceptors (Lipinski definition) is 9. The lowest BCUT2D eigenvalue weighted by atomic mass is 10.1. The van der Waals surface area contributed by atoms with E-state index in [1.54, 1.807) is 5.48 Å². The molecule has 1 fully saturated rings. The summed E-state index contributed by atoms with van der Waals surface area (Å²) >= 11 is 0. The number of rotatable bonds is 6. The zero-order valence-corrected chi connectivity index (χ0v) is 13.0. The van der Waals surface area contributed by atoms with Crippen LogP contribution in [0.15, 0.2) is 11.0 Å². The second-order valence-corrected chi connectivity index (χ2v) is 5.99. The Labute approximate surface area is 133 Å². The molecular weight excluding hydrogens is 356 g/mol. The molecule has 0 amide bonds. The van der Waals surface area contributed by atoms with Gasteiger partial charge in [0.2, 0.25) is 0 Å². The number of nitrogens with one attached hydrogen (secondary N) is 1. The quantitative estimate of drug-likeness (QED) is 0.299. The van der Waals surface area contributed by atoms with Gasteiger partial charge < -0.3 is 24.4 Å². The zero-order valence-electron chi connectivity index (χ0n) is 12.1. The molecule has 4 atom stereocenters. The highest BCUT2D eigenvalue weighted by Crippen LogP contribution is 2.39. The Morgan fingerprint density at radius 3 is 2.75 bits per heavy atom. The topological polar surface area (TPSA) is 173 Å². The highest BCUT2D eigenvalue weighted by Gasteiger charge is 2.46. The average molecular weight is 371 g/mol. The van der Waals surface area contributed by atoms with Crippen LogP contribution in [0.1, 0.15) is 6.23 Å². The highest BCUT2D eigenvalue weighted by molar-refractivity contribution is 7.46. The molecule has 0 saturated carbocycles. The molecule has 1 saturated heterocycles. The van der Waals surface area contributed by atoms with Gasteiger partial charge >= 0.3 is 13.5 Å². The van der Waals surface area contributed by atoms with Crippen molar-refractivity contribution in [3.63, 3.8) is 0 Å². The number of nitrogens with zero attached hydrogens (tertiary/aromatic N) is 2. The number of ether oxygens (including phenoxy) is 2. The Morgan fingerprint density at radius 2 is 2.21 bits per heavy atom. The fourth-order valence-corrected chi connectivity index (χ4v) is 2.44. The van der Waals surface area contributed by atoms with Crippen LogP contribution in [0.25, 0.3) is 0 Å². The predicted molar refractivity (Wildman–Crippen MR) is 73.3 cm³/mol. The Bertz CT molecular complexity index is 695. The van der Waals surface area contributed by atoms with Crippen LogP contribution >= 0.6 is 7.82 Å². The molecule has 5 N–H and O–H groups in total. The molecule has 0 aliphatic carbocycles. The van der Waals surface area contributed by atoms with Crippen LogP contribution < -0.4 is 15.9 Å². The second kappa shape index (κ2) is 7.11. The Morgan fingerprint density at radius 1 is 1.54 bits per heavy atom. The highest BCUT2D eigenvalue weighted by atomic mass is 31.2. The number of aromatic nitrogens is 2. The van der Waals surface area contributed by atoms with Gasteiger partial charge in [0.1, 0.15) is 12.2 Å². The summed E-state index contributed by atoms with van der Waals surface area (Å²) < 4.78 is 39.7. The molecular formula is C10H15FN3O9P. The fourth-order valence-electron chi connectivity index (χ4n) is 2.10. The van der Waals surface area contributed by atoms with E-state index in [2.05, 4.69) is 9.51 Å². The van der Waals surface area contributed by atoms with Crippen LogP contribution in [0, 0.1) is 0 Å². The average Bonchev–Trinajstić information content (AvgIpc) is 2.80. The van der Waals surface area contributed by atoms with Gasteiger partial charge in [-0.15, -0.1) is 0 Å². The van der Waals surface area contributed by atoms with Crippen molar-refractivity contribution >= 4 is 13.6 Å². The number of aliphatic hydroxyl groups excluding tert-OH is 1. The van der Waals surface area contributed by atoms with Crippen LogP contribution in [-0.4, -0.2) is 61.7 Å². The molecule has 4 unspecified atom stereocenters. The van der Waals surface area contributed by atoms with Crippen molar-refractivity contribution in [1.82, 2.24) is 9.55 Å². The van der Waals surface area contributed by atoms with Gasteiger partial charge in [-0.25, -0.2) is 19.2 Å². The van der Waals surface area contributed by atoms with E-state index in [1.165, 1.54) is 7.11 Å². The number of phosphoric ester groups is 1. The molecule has 14 heteroatoms. The minimum atomic E-state index is -4.84. The number of alkyl halides is 1. The molecule has 12 nitrogen and oxygen atoms in total. The summed E-state index contributed by atoms with van der Waals surface area (Å²) in [4.78, 5) is 32.6. The SMILES string of the molecule is COc1cn(C2OC(COP(=O)(O)O)C(O)C2F)c(=O)nc1NO.